The van der Waals surface area contributed by atoms with Crippen LogP contribution in [0.15, 0.2) is 54.9 Å². The van der Waals surface area contributed by atoms with E-state index in [1.165, 1.54) is 0 Å². The molecule has 2 amide bonds. The zero-order valence-corrected chi connectivity index (χ0v) is 15.0. The number of imidazole rings is 1. The predicted octanol–water partition coefficient (Wildman–Crippen LogP) is 2.58. The van der Waals surface area contributed by atoms with Crippen LogP contribution in [0.2, 0.25) is 0 Å². The van der Waals surface area contributed by atoms with Crippen LogP contribution in [0.5, 0.6) is 0 Å². The number of benzene rings is 1. The highest BCUT2D eigenvalue weighted by Crippen LogP contribution is 2.27. The molecular formula is C21H22N4O2. The first-order chi connectivity index (χ1) is 13.2. The molecule has 0 fully saturated rings. The number of hydrogen-bond acceptors (Lipinski definition) is 3. The van der Waals surface area contributed by atoms with Crippen molar-refractivity contribution in [2.45, 2.75) is 25.7 Å². The largest absolute Gasteiger partial charge is 0.356 e. The van der Waals surface area contributed by atoms with Crippen LogP contribution in [0.4, 0.5) is 5.69 Å². The Kier molecular flexibility index (Phi) is 4.87. The van der Waals surface area contributed by atoms with Gasteiger partial charge in [-0.2, -0.15) is 0 Å². The van der Waals surface area contributed by atoms with Crippen LogP contribution >= 0.6 is 0 Å². The second-order valence-electron chi connectivity index (χ2n) is 6.88. The Balaban J connectivity index is 1.23. The average molecular weight is 362 g/mol. The second kappa shape index (κ2) is 7.61. The van der Waals surface area contributed by atoms with Crippen molar-refractivity contribution in [3.8, 4) is 0 Å². The van der Waals surface area contributed by atoms with Crippen LogP contribution in [-0.2, 0) is 22.4 Å². The van der Waals surface area contributed by atoms with Gasteiger partial charge in [-0.25, -0.2) is 4.98 Å². The minimum atomic E-state index is -0.149. The van der Waals surface area contributed by atoms with Gasteiger partial charge in [-0.1, -0.05) is 24.3 Å². The van der Waals surface area contributed by atoms with Crippen molar-refractivity contribution in [2.75, 3.05) is 11.9 Å². The highest BCUT2D eigenvalue weighted by molar-refractivity contribution is 5.96. The Hall–Kier alpha value is -3.15. The molecule has 4 rings (SSSR count). The van der Waals surface area contributed by atoms with Crippen LogP contribution in [0.1, 0.15) is 24.1 Å². The fraction of sp³-hybridized carbons (Fsp3) is 0.286. The van der Waals surface area contributed by atoms with E-state index in [2.05, 4.69) is 15.6 Å². The van der Waals surface area contributed by atoms with Crippen molar-refractivity contribution in [1.29, 1.82) is 0 Å². The minimum Gasteiger partial charge on any atom is -0.356 e. The summed E-state index contributed by atoms with van der Waals surface area (Å²) in [5.41, 5.74) is 3.87. The van der Waals surface area contributed by atoms with E-state index in [4.69, 9.17) is 0 Å². The second-order valence-corrected chi connectivity index (χ2v) is 6.88. The lowest BCUT2D eigenvalue weighted by Gasteiger charge is -2.24. The van der Waals surface area contributed by atoms with Crippen LogP contribution in [0.25, 0.3) is 5.65 Å². The van der Waals surface area contributed by atoms with Gasteiger partial charge in [0.1, 0.15) is 5.65 Å². The topological polar surface area (TPSA) is 75.5 Å². The summed E-state index contributed by atoms with van der Waals surface area (Å²) in [5.74, 6) is -0.166. The van der Waals surface area contributed by atoms with Gasteiger partial charge in [-0.05, 0) is 36.6 Å². The van der Waals surface area contributed by atoms with Crippen LogP contribution in [-0.4, -0.2) is 27.7 Å². The van der Waals surface area contributed by atoms with Gasteiger partial charge in [-0.3, -0.25) is 9.59 Å². The van der Waals surface area contributed by atoms with Gasteiger partial charge in [0.15, 0.2) is 0 Å². The van der Waals surface area contributed by atoms with Gasteiger partial charge < -0.3 is 15.0 Å². The number of fused-ring (bicyclic) bond motifs is 2. The smallest absolute Gasteiger partial charge is 0.227 e. The molecule has 1 aromatic carbocycles. The molecule has 3 heterocycles. The maximum absolute atomic E-state index is 12.2. The lowest BCUT2D eigenvalue weighted by molar-refractivity contribution is -0.122. The van der Waals surface area contributed by atoms with E-state index in [1.807, 2.05) is 59.3 Å². The molecule has 0 radical (unpaired) electrons. The summed E-state index contributed by atoms with van der Waals surface area (Å²) in [5, 5.41) is 5.86. The number of para-hydroxylation sites is 1. The number of anilines is 1. The zero-order valence-electron chi connectivity index (χ0n) is 15.0. The molecule has 1 unspecified atom stereocenters. The number of amides is 2. The minimum absolute atomic E-state index is 0.00574. The lowest BCUT2D eigenvalue weighted by Crippen LogP contribution is -2.32. The Bertz CT molecular complexity index is 946. The van der Waals surface area contributed by atoms with Gasteiger partial charge in [0.05, 0.1) is 5.69 Å². The van der Waals surface area contributed by atoms with Gasteiger partial charge >= 0.3 is 0 Å². The van der Waals surface area contributed by atoms with Crippen LogP contribution in [0, 0.1) is 5.92 Å². The van der Waals surface area contributed by atoms with Gasteiger partial charge in [0.2, 0.25) is 11.8 Å². The summed E-state index contributed by atoms with van der Waals surface area (Å²) in [4.78, 5) is 28.9. The molecular weight excluding hydrogens is 340 g/mol. The quantitative estimate of drug-likeness (QED) is 0.708. The number of carbonyl (C=O) groups excluding carboxylic acids is 2. The summed E-state index contributed by atoms with van der Waals surface area (Å²) in [6, 6.07) is 13.7. The van der Waals surface area contributed by atoms with E-state index in [-0.39, 0.29) is 17.7 Å². The average Bonchev–Trinajstić information content (AvgIpc) is 3.09. The molecule has 0 bridgehead atoms. The number of pyridine rings is 1. The van der Waals surface area contributed by atoms with Crippen LogP contribution < -0.4 is 10.6 Å². The molecule has 3 aromatic rings. The predicted molar refractivity (Wildman–Crippen MR) is 103 cm³/mol. The first-order valence-corrected chi connectivity index (χ1v) is 9.27. The fourth-order valence-corrected chi connectivity index (χ4v) is 3.48. The molecule has 0 saturated carbocycles. The number of nitrogens with one attached hydrogen (secondary N) is 2. The third-order valence-corrected chi connectivity index (χ3v) is 4.95. The molecule has 1 aliphatic rings. The molecule has 1 atom stereocenters. The molecule has 2 N–H and O–H groups in total. The van der Waals surface area contributed by atoms with Gasteiger partial charge in [-0.15, -0.1) is 0 Å². The molecule has 27 heavy (non-hydrogen) atoms. The summed E-state index contributed by atoms with van der Waals surface area (Å²) in [6.07, 6.45) is 6.22. The van der Waals surface area contributed by atoms with Gasteiger partial charge in [0.25, 0.3) is 0 Å². The summed E-state index contributed by atoms with van der Waals surface area (Å²) in [7, 11) is 0. The van der Waals surface area contributed by atoms with E-state index in [9.17, 15) is 9.59 Å². The van der Waals surface area contributed by atoms with E-state index < -0.39 is 0 Å². The van der Waals surface area contributed by atoms with E-state index in [0.29, 0.717) is 32.2 Å². The van der Waals surface area contributed by atoms with Crippen LogP contribution in [0.3, 0.4) is 0 Å². The molecule has 0 saturated heterocycles. The Morgan fingerprint density at radius 1 is 1.22 bits per heavy atom. The third kappa shape index (κ3) is 4.00. The van der Waals surface area contributed by atoms with Gasteiger partial charge in [0, 0.05) is 43.4 Å². The zero-order chi connectivity index (χ0) is 18.6. The van der Waals surface area contributed by atoms with E-state index in [1.54, 1.807) is 0 Å². The molecule has 1 aliphatic heterocycles. The lowest BCUT2D eigenvalue weighted by atomic mass is 9.89. The summed E-state index contributed by atoms with van der Waals surface area (Å²) < 4.78 is 1.97. The molecule has 2 aromatic heterocycles. The number of rotatable bonds is 6. The maximum Gasteiger partial charge on any atom is 0.227 e. The highest BCUT2D eigenvalue weighted by Gasteiger charge is 2.26. The monoisotopic (exact) mass is 362 g/mol. The number of nitrogens with zero attached hydrogens (tertiary/aromatic N) is 2. The first kappa shape index (κ1) is 17.3. The van der Waals surface area contributed by atoms with E-state index >= 15 is 0 Å². The first-order valence-electron chi connectivity index (χ1n) is 9.27. The Morgan fingerprint density at radius 3 is 2.96 bits per heavy atom. The molecule has 6 heteroatoms. The molecule has 6 nitrogen and oxygen atoms in total. The van der Waals surface area contributed by atoms with Crippen molar-refractivity contribution in [3.63, 3.8) is 0 Å². The fourth-order valence-electron chi connectivity index (χ4n) is 3.48. The normalized spacial score (nSPS) is 16.0. The maximum atomic E-state index is 12.2. The number of aromatic nitrogens is 2. The van der Waals surface area contributed by atoms with Crippen molar-refractivity contribution in [3.05, 3.63) is 66.1 Å². The van der Waals surface area contributed by atoms with E-state index in [0.717, 1.165) is 22.6 Å². The van der Waals surface area contributed by atoms with Crippen molar-refractivity contribution in [1.82, 2.24) is 14.7 Å². The van der Waals surface area contributed by atoms with Crippen molar-refractivity contribution in [2.24, 2.45) is 5.92 Å². The SMILES string of the molecule is O=C(CCC1Cc2ccccc2NC1=O)NCCc1cn2ccccc2n1. The molecule has 138 valence electrons. The molecule has 0 spiro atoms. The summed E-state index contributed by atoms with van der Waals surface area (Å²) >= 11 is 0. The number of hydrogen-bond donors (Lipinski definition) is 2. The van der Waals surface area contributed by atoms with Crippen molar-refractivity contribution < 1.29 is 9.59 Å². The van der Waals surface area contributed by atoms with Crippen molar-refractivity contribution >= 4 is 23.1 Å². The number of carbonyl (C=O) groups is 2. The molecule has 0 aliphatic carbocycles. The standard InChI is InChI=1S/C21H22N4O2/c26-20(22-11-10-17-14-25-12-4-3-7-19(25)23-17)9-8-16-13-15-5-1-2-6-18(15)24-21(16)27/h1-7,12,14,16H,8-11,13H2,(H,22,26)(H,24,27). The Labute approximate surface area is 157 Å². The highest BCUT2D eigenvalue weighted by atomic mass is 16.2. The Morgan fingerprint density at radius 2 is 2.07 bits per heavy atom. The third-order valence-electron chi connectivity index (χ3n) is 4.95. The summed E-state index contributed by atoms with van der Waals surface area (Å²) in [6.45, 7) is 0.544.